The molecule has 0 bridgehead atoms. The Balaban J connectivity index is 2.00. The van der Waals surface area contributed by atoms with Crippen LogP contribution in [-0.4, -0.2) is 26.4 Å². The van der Waals surface area contributed by atoms with Gasteiger partial charge in [-0.1, -0.05) is 60.8 Å². The Morgan fingerprint density at radius 3 is 2.46 bits per heavy atom. The molecule has 2 rings (SSSR count). The van der Waals surface area contributed by atoms with E-state index in [1.807, 2.05) is 43.3 Å². The van der Waals surface area contributed by atoms with Gasteiger partial charge >= 0.3 is 7.82 Å². The Hall–Kier alpha value is -1.43. The fourth-order valence-electron chi connectivity index (χ4n) is 2.32. The third-order valence-corrected chi connectivity index (χ3v) is 4.90. The van der Waals surface area contributed by atoms with E-state index in [0.717, 1.165) is 30.0 Å². The molecule has 0 aliphatic carbocycles. The first kappa shape index (κ1) is 20.9. The molecule has 0 N–H and O–H groups in total. The first-order valence-corrected chi connectivity index (χ1v) is 10.5. The number of fused-ring (bicyclic) bond motifs is 1. The van der Waals surface area contributed by atoms with Gasteiger partial charge in [-0.25, -0.2) is 4.57 Å². The SMILES string of the molecule is CCCCCOP(=O)(OCCOCC)OOc1cccc2ccccc12. The second-order valence-corrected chi connectivity index (χ2v) is 7.21. The van der Waals surface area contributed by atoms with Gasteiger partial charge in [0, 0.05) is 12.0 Å². The highest BCUT2D eigenvalue weighted by atomic mass is 31.2. The number of hydrogen-bond acceptors (Lipinski definition) is 6. The molecule has 1 atom stereocenters. The first-order valence-electron chi connectivity index (χ1n) is 8.99. The average Bonchev–Trinajstić information content (AvgIpc) is 2.67. The second kappa shape index (κ2) is 11.3. The molecule has 0 aromatic heterocycles. The van der Waals surface area contributed by atoms with E-state index < -0.39 is 7.82 Å². The fraction of sp³-hybridized carbons (Fsp3) is 0.474. The van der Waals surface area contributed by atoms with Crippen molar-refractivity contribution in [3.63, 3.8) is 0 Å². The van der Waals surface area contributed by atoms with Crippen molar-refractivity contribution in [3.8, 4) is 5.75 Å². The van der Waals surface area contributed by atoms with E-state index in [-0.39, 0.29) is 13.2 Å². The molecule has 26 heavy (non-hydrogen) atoms. The van der Waals surface area contributed by atoms with Gasteiger partial charge in [0.2, 0.25) is 0 Å². The maximum atomic E-state index is 12.8. The van der Waals surface area contributed by atoms with E-state index in [2.05, 4.69) is 6.92 Å². The van der Waals surface area contributed by atoms with E-state index in [4.69, 9.17) is 23.3 Å². The predicted molar refractivity (Wildman–Crippen MR) is 101 cm³/mol. The number of phosphoric acid groups is 1. The number of phosphoric ester groups is 1. The summed E-state index contributed by atoms with van der Waals surface area (Å²) in [5, 5.41) is 1.84. The molecule has 0 fully saturated rings. The zero-order chi connectivity index (χ0) is 18.7. The summed E-state index contributed by atoms with van der Waals surface area (Å²) in [5.74, 6) is 0.453. The van der Waals surface area contributed by atoms with Crippen LogP contribution in [0.5, 0.6) is 5.75 Å². The van der Waals surface area contributed by atoms with Crippen molar-refractivity contribution in [1.82, 2.24) is 0 Å². The van der Waals surface area contributed by atoms with Crippen molar-refractivity contribution in [2.75, 3.05) is 26.4 Å². The number of ether oxygens (including phenoxy) is 1. The van der Waals surface area contributed by atoms with E-state index in [1.165, 1.54) is 0 Å². The minimum absolute atomic E-state index is 0.0950. The van der Waals surface area contributed by atoms with E-state index in [1.54, 1.807) is 6.07 Å². The third kappa shape index (κ3) is 6.71. The van der Waals surface area contributed by atoms with Crippen LogP contribution in [0.2, 0.25) is 0 Å². The van der Waals surface area contributed by atoms with Gasteiger partial charge < -0.3 is 9.62 Å². The van der Waals surface area contributed by atoms with Gasteiger partial charge in [-0.3, -0.25) is 9.05 Å². The summed E-state index contributed by atoms with van der Waals surface area (Å²) in [6, 6.07) is 13.2. The van der Waals surface area contributed by atoms with Crippen LogP contribution in [0, 0.1) is 0 Å². The van der Waals surface area contributed by atoms with Crippen LogP contribution in [0.1, 0.15) is 33.1 Å². The molecule has 0 aliphatic heterocycles. The van der Waals surface area contributed by atoms with Crippen molar-refractivity contribution in [3.05, 3.63) is 42.5 Å². The maximum absolute atomic E-state index is 12.8. The molecule has 0 saturated heterocycles. The van der Waals surface area contributed by atoms with Crippen LogP contribution < -0.4 is 4.89 Å². The van der Waals surface area contributed by atoms with Gasteiger partial charge in [0.1, 0.15) is 0 Å². The minimum Gasteiger partial charge on any atom is -0.379 e. The molecule has 7 heteroatoms. The average molecular weight is 382 g/mol. The molecule has 2 aromatic carbocycles. The molecule has 144 valence electrons. The van der Waals surface area contributed by atoms with Crippen molar-refractivity contribution < 1.29 is 27.9 Å². The highest BCUT2D eigenvalue weighted by molar-refractivity contribution is 7.48. The summed E-state index contributed by atoms with van der Waals surface area (Å²) in [7, 11) is -3.85. The molecule has 1 unspecified atom stereocenters. The van der Waals surface area contributed by atoms with Crippen LogP contribution in [-0.2, 0) is 23.0 Å². The van der Waals surface area contributed by atoms with Crippen LogP contribution in [0.15, 0.2) is 42.5 Å². The predicted octanol–water partition coefficient (Wildman–Crippen LogP) is 5.52. The molecule has 0 spiro atoms. The summed E-state index contributed by atoms with van der Waals surface area (Å²) in [6.45, 7) is 5.19. The topological polar surface area (TPSA) is 63.2 Å². The molecule has 6 nitrogen and oxygen atoms in total. The lowest BCUT2D eigenvalue weighted by Crippen LogP contribution is -2.08. The Bertz CT molecular complexity index is 684. The Morgan fingerprint density at radius 1 is 0.885 bits per heavy atom. The zero-order valence-electron chi connectivity index (χ0n) is 15.4. The quantitative estimate of drug-likeness (QED) is 0.197. The zero-order valence-corrected chi connectivity index (χ0v) is 16.3. The largest absolute Gasteiger partial charge is 0.511 e. The monoisotopic (exact) mass is 382 g/mol. The summed E-state index contributed by atoms with van der Waals surface area (Å²) in [6.07, 6.45) is 2.78. The van der Waals surface area contributed by atoms with Crippen LogP contribution >= 0.6 is 7.82 Å². The minimum atomic E-state index is -3.85. The van der Waals surface area contributed by atoms with Crippen LogP contribution in [0.25, 0.3) is 10.8 Å². The first-order chi connectivity index (χ1) is 12.7. The summed E-state index contributed by atoms with van der Waals surface area (Å²) in [5.41, 5.74) is 0. The van der Waals surface area contributed by atoms with Gasteiger partial charge in [-0.15, -0.1) is 0 Å². The Kier molecular flexibility index (Phi) is 9.09. The molecule has 0 amide bonds. The van der Waals surface area contributed by atoms with E-state index in [9.17, 15) is 4.57 Å². The van der Waals surface area contributed by atoms with Gasteiger partial charge in [0.25, 0.3) is 0 Å². The lowest BCUT2D eigenvalue weighted by atomic mass is 10.1. The molecular formula is C19H27O6P. The van der Waals surface area contributed by atoms with Gasteiger partial charge in [0.05, 0.1) is 19.8 Å². The molecular weight excluding hydrogens is 355 g/mol. The lowest BCUT2D eigenvalue weighted by molar-refractivity contribution is -0.132. The summed E-state index contributed by atoms with van der Waals surface area (Å²) >= 11 is 0. The van der Waals surface area contributed by atoms with E-state index in [0.29, 0.717) is 19.0 Å². The van der Waals surface area contributed by atoms with Crippen molar-refractivity contribution in [2.24, 2.45) is 0 Å². The number of rotatable bonds is 13. The van der Waals surface area contributed by atoms with Crippen LogP contribution in [0.4, 0.5) is 0 Å². The summed E-state index contributed by atoms with van der Waals surface area (Å²) < 4.78 is 33.8. The molecule has 0 heterocycles. The smallest absolute Gasteiger partial charge is 0.379 e. The van der Waals surface area contributed by atoms with Gasteiger partial charge in [-0.05, 0) is 24.8 Å². The van der Waals surface area contributed by atoms with Gasteiger partial charge in [0.15, 0.2) is 5.75 Å². The highest BCUT2D eigenvalue weighted by Gasteiger charge is 2.29. The third-order valence-electron chi connectivity index (χ3n) is 3.65. The maximum Gasteiger partial charge on any atom is 0.511 e. The van der Waals surface area contributed by atoms with Crippen molar-refractivity contribution in [1.29, 1.82) is 0 Å². The highest BCUT2D eigenvalue weighted by Crippen LogP contribution is 2.50. The number of benzene rings is 2. The van der Waals surface area contributed by atoms with Crippen molar-refractivity contribution >= 4 is 18.6 Å². The van der Waals surface area contributed by atoms with Crippen LogP contribution in [0.3, 0.4) is 0 Å². The van der Waals surface area contributed by atoms with Crippen molar-refractivity contribution in [2.45, 2.75) is 33.1 Å². The number of hydrogen-bond donors (Lipinski definition) is 0. The molecule has 0 aliphatic rings. The Labute approximate surface area is 154 Å². The normalized spacial score (nSPS) is 13.6. The standard InChI is InChI=1S/C19H27O6P/c1-3-5-8-14-22-26(20,23-16-15-21-4-2)25-24-19-13-9-11-17-10-6-7-12-18(17)19/h6-7,9-13H,3-5,8,14-16H2,1-2H3. The molecule has 0 saturated carbocycles. The lowest BCUT2D eigenvalue weighted by Gasteiger charge is -2.17. The van der Waals surface area contributed by atoms with Gasteiger partial charge in [-0.2, -0.15) is 0 Å². The molecule has 2 aromatic rings. The fourth-order valence-corrected chi connectivity index (χ4v) is 3.30. The molecule has 0 radical (unpaired) electrons. The van der Waals surface area contributed by atoms with E-state index >= 15 is 0 Å². The summed E-state index contributed by atoms with van der Waals surface area (Å²) in [4.78, 5) is 5.34. The number of unbranched alkanes of at least 4 members (excludes halogenated alkanes) is 2. The second-order valence-electron chi connectivity index (χ2n) is 5.65. The Morgan fingerprint density at radius 2 is 1.65 bits per heavy atom.